The second-order valence-electron chi connectivity index (χ2n) is 7.00. The molecule has 1 aliphatic rings. The number of rotatable bonds is 5. The van der Waals surface area contributed by atoms with E-state index in [1.54, 1.807) is 10.9 Å². The third-order valence-electron chi connectivity index (χ3n) is 5.18. The van der Waals surface area contributed by atoms with E-state index in [-0.39, 0.29) is 6.61 Å². The molecule has 7 heteroatoms. The van der Waals surface area contributed by atoms with Crippen molar-refractivity contribution in [1.82, 2.24) is 19.7 Å². The summed E-state index contributed by atoms with van der Waals surface area (Å²) in [7, 11) is 0. The maximum absolute atomic E-state index is 9.60. The van der Waals surface area contributed by atoms with Crippen molar-refractivity contribution in [3.05, 3.63) is 77.1 Å². The maximum Gasteiger partial charge on any atom is 0.253 e. The van der Waals surface area contributed by atoms with Gasteiger partial charge >= 0.3 is 0 Å². The molecular weight excluding hydrogens is 366 g/mol. The molecule has 0 saturated carbocycles. The van der Waals surface area contributed by atoms with E-state index < -0.39 is 0 Å². The molecule has 2 aromatic carbocycles. The van der Waals surface area contributed by atoms with E-state index in [9.17, 15) is 5.11 Å². The molecule has 0 fully saturated rings. The molecular formula is C22H21N5O2. The number of hydrogen-bond donors (Lipinski definition) is 2. The Hall–Kier alpha value is -3.29. The first-order valence-electron chi connectivity index (χ1n) is 9.65. The Balaban J connectivity index is 1.57. The van der Waals surface area contributed by atoms with E-state index in [2.05, 4.69) is 22.5 Å². The molecule has 146 valence electrons. The second kappa shape index (κ2) is 7.62. The van der Waals surface area contributed by atoms with Gasteiger partial charge in [-0.1, -0.05) is 42.5 Å². The van der Waals surface area contributed by atoms with Crippen LogP contribution in [-0.2, 0) is 30.9 Å². The minimum absolute atomic E-state index is 0.0359. The topological polar surface area (TPSA) is 85.1 Å². The first-order valence-corrected chi connectivity index (χ1v) is 9.65. The van der Waals surface area contributed by atoms with Gasteiger partial charge in [0.2, 0.25) is 0 Å². The number of benzene rings is 2. The van der Waals surface area contributed by atoms with Crippen LogP contribution in [0.1, 0.15) is 22.4 Å². The van der Waals surface area contributed by atoms with Gasteiger partial charge in [-0.25, -0.2) is 4.98 Å². The van der Waals surface area contributed by atoms with E-state index in [1.165, 1.54) is 5.56 Å². The smallest absolute Gasteiger partial charge is 0.253 e. The van der Waals surface area contributed by atoms with Crippen molar-refractivity contribution in [2.45, 2.75) is 26.2 Å². The Labute approximate surface area is 168 Å². The van der Waals surface area contributed by atoms with Gasteiger partial charge in [-0.3, -0.25) is 0 Å². The third-order valence-corrected chi connectivity index (χ3v) is 5.18. The van der Waals surface area contributed by atoms with E-state index in [0.717, 1.165) is 40.0 Å². The fourth-order valence-electron chi connectivity index (χ4n) is 3.67. The molecule has 1 aliphatic heterocycles. The van der Waals surface area contributed by atoms with Gasteiger partial charge in [0.05, 0.1) is 37.2 Å². The number of aliphatic hydroxyl groups excluding tert-OH is 1. The van der Waals surface area contributed by atoms with E-state index in [1.807, 2.05) is 36.4 Å². The molecule has 5 rings (SSSR count). The highest BCUT2D eigenvalue weighted by Gasteiger charge is 2.20. The lowest BCUT2D eigenvalue weighted by Gasteiger charge is -2.20. The zero-order valence-electron chi connectivity index (χ0n) is 15.9. The summed E-state index contributed by atoms with van der Waals surface area (Å²) >= 11 is 0. The van der Waals surface area contributed by atoms with E-state index >= 15 is 0 Å². The maximum atomic E-state index is 9.60. The third kappa shape index (κ3) is 3.35. The van der Waals surface area contributed by atoms with Crippen LogP contribution < -0.4 is 5.32 Å². The van der Waals surface area contributed by atoms with E-state index in [4.69, 9.17) is 14.7 Å². The van der Waals surface area contributed by atoms with Gasteiger partial charge in [0.25, 0.3) is 5.95 Å². The summed E-state index contributed by atoms with van der Waals surface area (Å²) < 4.78 is 7.35. The summed E-state index contributed by atoms with van der Waals surface area (Å²) in [6, 6.07) is 16.0. The summed E-state index contributed by atoms with van der Waals surface area (Å²) in [5.41, 5.74) is 4.87. The number of aromatic nitrogens is 4. The number of aliphatic hydroxyl groups is 1. The fraction of sp³-hybridized carbons (Fsp3) is 0.227. The molecule has 4 aromatic rings. The van der Waals surface area contributed by atoms with Crippen LogP contribution in [0, 0.1) is 0 Å². The largest absolute Gasteiger partial charge is 0.392 e. The minimum atomic E-state index is -0.0359. The first kappa shape index (κ1) is 17.8. The highest BCUT2D eigenvalue weighted by molar-refractivity contribution is 5.83. The lowest BCUT2D eigenvalue weighted by Crippen LogP contribution is -2.19. The van der Waals surface area contributed by atoms with Gasteiger partial charge in [0.15, 0.2) is 0 Å². The molecule has 7 nitrogen and oxygen atoms in total. The van der Waals surface area contributed by atoms with Gasteiger partial charge in [-0.15, -0.1) is 0 Å². The monoisotopic (exact) mass is 387 g/mol. The van der Waals surface area contributed by atoms with Crippen molar-refractivity contribution in [2.75, 3.05) is 11.9 Å². The van der Waals surface area contributed by atoms with Gasteiger partial charge in [0.1, 0.15) is 5.82 Å². The standard InChI is InChI=1S/C22H21N5O2/c28-13-16-7-4-8-20-18(16)12-24-27(20)22-25-19-14-29-10-9-17(19)21(26-22)23-11-15-5-2-1-3-6-15/h1-8,12,28H,9-11,13-14H2,(H,23,25,26). The molecule has 29 heavy (non-hydrogen) atoms. The normalized spacial score (nSPS) is 13.4. The van der Waals surface area contributed by atoms with Crippen molar-refractivity contribution in [3.8, 4) is 5.95 Å². The highest BCUT2D eigenvalue weighted by atomic mass is 16.5. The Kier molecular flexibility index (Phi) is 4.67. The van der Waals surface area contributed by atoms with Crippen LogP contribution in [0.3, 0.4) is 0 Å². The number of fused-ring (bicyclic) bond motifs is 2. The van der Waals surface area contributed by atoms with Crippen LogP contribution in [0.2, 0.25) is 0 Å². The number of nitrogens with one attached hydrogen (secondary N) is 1. The minimum Gasteiger partial charge on any atom is -0.392 e. The Bertz CT molecular complexity index is 1160. The molecule has 0 spiro atoms. The molecule has 0 saturated heterocycles. The average molecular weight is 387 g/mol. The van der Waals surface area contributed by atoms with Crippen molar-refractivity contribution in [1.29, 1.82) is 0 Å². The molecule has 0 bridgehead atoms. The fourth-order valence-corrected chi connectivity index (χ4v) is 3.67. The van der Waals surface area contributed by atoms with Crippen LogP contribution in [0.4, 0.5) is 5.82 Å². The average Bonchev–Trinajstić information content (AvgIpc) is 3.22. The predicted molar refractivity (Wildman–Crippen MR) is 110 cm³/mol. The Morgan fingerprint density at radius 2 is 1.97 bits per heavy atom. The van der Waals surface area contributed by atoms with Crippen molar-refractivity contribution >= 4 is 16.7 Å². The van der Waals surface area contributed by atoms with Crippen molar-refractivity contribution < 1.29 is 9.84 Å². The zero-order valence-corrected chi connectivity index (χ0v) is 15.9. The van der Waals surface area contributed by atoms with Crippen LogP contribution in [0.5, 0.6) is 0 Å². The molecule has 0 radical (unpaired) electrons. The zero-order chi connectivity index (χ0) is 19.6. The summed E-state index contributed by atoms with van der Waals surface area (Å²) in [6.45, 7) is 1.77. The molecule has 0 unspecified atom stereocenters. The molecule has 0 aliphatic carbocycles. The van der Waals surface area contributed by atoms with Crippen molar-refractivity contribution in [2.24, 2.45) is 0 Å². The quantitative estimate of drug-likeness (QED) is 0.548. The first-order chi connectivity index (χ1) is 14.3. The number of ether oxygens (including phenoxy) is 1. The van der Waals surface area contributed by atoms with Crippen LogP contribution in [-0.4, -0.2) is 31.5 Å². The van der Waals surface area contributed by atoms with Crippen LogP contribution in [0.15, 0.2) is 54.7 Å². The SMILES string of the molecule is OCc1cccc2c1cnn2-c1nc2c(c(NCc3ccccc3)n1)CCOC2. The lowest BCUT2D eigenvalue weighted by atomic mass is 10.1. The van der Waals surface area contributed by atoms with Crippen molar-refractivity contribution in [3.63, 3.8) is 0 Å². The number of hydrogen-bond acceptors (Lipinski definition) is 6. The molecule has 2 N–H and O–H groups in total. The van der Waals surface area contributed by atoms with Crippen LogP contribution in [0.25, 0.3) is 16.9 Å². The molecule has 2 aromatic heterocycles. The molecule has 0 atom stereocenters. The molecule has 3 heterocycles. The Morgan fingerprint density at radius 3 is 2.83 bits per heavy atom. The summed E-state index contributed by atoms with van der Waals surface area (Å²) in [5, 5.41) is 18.5. The lowest BCUT2D eigenvalue weighted by molar-refractivity contribution is 0.107. The van der Waals surface area contributed by atoms with Crippen LogP contribution >= 0.6 is 0 Å². The van der Waals surface area contributed by atoms with Gasteiger partial charge in [-0.2, -0.15) is 14.8 Å². The summed E-state index contributed by atoms with van der Waals surface area (Å²) in [6.07, 6.45) is 2.53. The second-order valence-corrected chi connectivity index (χ2v) is 7.00. The van der Waals surface area contributed by atoms with E-state index in [0.29, 0.717) is 25.7 Å². The van der Waals surface area contributed by atoms with Gasteiger partial charge in [-0.05, 0) is 17.2 Å². The number of nitrogens with zero attached hydrogens (tertiary/aromatic N) is 4. The van der Waals surface area contributed by atoms with Gasteiger partial charge < -0.3 is 15.2 Å². The number of anilines is 1. The summed E-state index contributed by atoms with van der Waals surface area (Å²) in [4.78, 5) is 9.55. The predicted octanol–water partition coefficient (Wildman–Crippen LogP) is 2.99. The molecule has 0 amide bonds. The highest BCUT2D eigenvalue weighted by Crippen LogP contribution is 2.26. The summed E-state index contributed by atoms with van der Waals surface area (Å²) in [5.74, 6) is 1.31. The van der Waals surface area contributed by atoms with Gasteiger partial charge in [0, 0.05) is 23.9 Å². The Morgan fingerprint density at radius 1 is 1.07 bits per heavy atom.